The summed E-state index contributed by atoms with van der Waals surface area (Å²) in [6.45, 7) is 6.62. The van der Waals surface area contributed by atoms with Crippen LogP contribution >= 0.6 is 12.2 Å². The maximum absolute atomic E-state index is 5.51. The predicted octanol–water partition coefficient (Wildman–Crippen LogP) is 5.66. The Morgan fingerprint density at radius 3 is 2.11 bits per heavy atom. The quantitative estimate of drug-likeness (QED) is 0.574. The molecular formula is C22H30N2O2S. The first-order valence-corrected chi connectivity index (χ1v) is 9.82. The van der Waals surface area contributed by atoms with Crippen molar-refractivity contribution in [2.24, 2.45) is 0 Å². The van der Waals surface area contributed by atoms with Crippen molar-refractivity contribution in [2.75, 3.05) is 19.5 Å². The molecule has 0 heterocycles. The number of benzene rings is 2. The Hall–Kier alpha value is -2.27. The molecule has 2 aromatic rings. The number of hydrogen-bond acceptors (Lipinski definition) is 3. The molecule has 0 saturated carbocycles. The molecule has 0 aromatic heterocycles. The van der Waals surface area contributed by atoms with Crippen molar-refractivity contribution in [2.45, 2.75) is 45.6 Å². The molecule has 0 amide bonds. The summed E-state index contributed by atoms with van der Waals surface area (Å²) in [7, 11) is 3.24. The highest BCUT2D eigenvalue weighted by atomic mass is 32.1. The fourth-order valence-corrected chi connectivity index (χ4v) is 3.21. The molecule has 2 rings (SSSR count). The highest BCUT2D eigenvalue weighted by Crippen LogP contribution is 2.30. The summed E-state index contributed by atoms with van der Waals surface area (Å²) in [5.41, 5.74) is 3.47. The molecule has 2 atom stereocenters. The van der Waals surface area contributed by atoms with Gasteiger partial charge in [-0.05, 0) is 54.2 Å². The van der Waals surface area contributed by atoms with Crippen molar-refractivity contribution < 1.29 is 9.47 Å². The number of rotatable bonds is 8. The van der Waals surface area contributed by atoms with Gasteiger partial charge in [-0.1, -0.05) is 45.0 Å². The van der Waals surface area contributed by atoms with Crippen LogP contribution in [0, 0.1) is 0 Å². The van der Waals surface area contributed by atoms with Crippen LogP contribution in [-0.2, 0) is 0 Å². The van der Waals surface area contributed by atoms with E-state index in [2.05, 4.69) is 55.7 Å². The Morgan fingerprint density at radius 2 is 1.56 bits per heavy atom. The van der Waals surface area contributed by atoms with E-state index >= 15 is 0 Å². The topological polar surface area (TPSA) is 42.5 Å². The van der Waals surface area contributed by atoms with Crippen LogP contribution in [0.3, 0.4) is 0 Å². The molecule has 4 nitrogen and oxygen atoms in total. The van der Waals surface area contributed by atoms with Gasteiger partial charge in [0.15, 0.2) is 16.6 Å². The van der Waals surface area contributed by atoms with Crippen molar-refractivity contribution in [3.05, 3.63) is 53.6 Å². The first-order chi connectivity index (χ1) is 13.0. The first-order valence-electron chi connectivity index (χ1n) is 9.41. The van der Waals surface area contributed by atoms with Gasteiger partial charge in [0.25, 0.3) is 0 Å². The Bertz CT molecular complexity index is 746. The van der Waals surface area contributed by atoms with E-state index in [9.17, 15) is 0 Å². The van der Waals surface area contributed by atoms with E-state index in [1.165, 1.54) is 11.1 Å². The minimum absolute atomic E-state index is 0.163. The molecule has 0 fully saturated rings. The zero-order valence-electron chi connectivity index (χ0n) is 16.8. The van der Waals surface area contributed by atoms with Gasteiger partial charge >= 0.3 is 0 Å². The molecule has 0 bridgehead atoms. The van der Waals surface area contributed by atoms with E-state index < -0.39 is 0 Å². The summed E-state index contributed by atoms with van der Waals surface area (Å²) in [6, 6.07) is 14.6. The Balaban J connectivity index is 2.04. The van der Waals surface area contributed by atoms with Gasteiger partial charge in [0.1, 0.15) is 0 Å². The molecule has 0 saturated heterocycles. The van der Waals surface area contributed by atoms with Crippen LogP contribution in [0.2, 0.25) is 0 Å². The fourth-order valence-electron chi connectivity index (χ4n) is 2.95. The number of hydrogen-bond donors (Lipinski definition) is 2. The van der Waals surface area contributed by atoms with E-state index in [-0.39, 0.29) is 6.04 Å². The second-order valence-corrected chi connectivity index (χ2v) is 7.01. The second-order valence-electron chi connectivity index (χ2n) is 6.61. The maximum Gasteiger partial charge on any atom is 0.171 e. The van der Waals surface area contributed by atoms with Gasteiger partial charge in [-0.2, -0.15) is 0 Å². The summed E-state index contributed by atoms with van der Waals surface area (Å²) in [4.78, 5) is 0. The zero-order chi connectivity index (χ0) is 19.8. The number of thiocarbonyl (C=S) groups is 1. The van der Waals surface area contributed by atoms with Gasteiger partial charge in [-0.25, -0.2) is 0 Å². The third-order valence-corrected chi connectivity index (χ3v) is 5.10. The van der Waals surface area contributed by atoms with E-state index in [0.29, 0.717) is 22.5 Å². The molecule has 5 heteroatoms. The molecule has 0 unspecified atom stereocenters. The van der Waals surface area contributed by atoms with Gasteiger partial charge < -0.3 is 20.1 Å². The summed E-state index contributed by atoms with van der Waals surface area (Å²) >= 11 is 5.51. The van der Waals surface area contributed by atoms with E-state index in [1.54, 1.807) is 14.2 Å². The summed E-state index contributed by atoms with van der Waals surface area (Å²) < 4.78 is 10.6. The first kappa shape index (κ1) is 21.0. The van der Waals surface area contributed by atoms with Gasteiger partial charge in [-0.15, -0.1) is 0 Å². The molecule has 2 N–H and O–H groups in total. The van der Waals surface area contributed by atoms with Crippen molar-refractivity contribution >= 4 is 23.0 Å². The van der Waals surface area contributed by atoms with Crippen LogP contribution in [0.15, 0.2) is 42.5 Å². The lowest BCUT2D eigenvalue weighted by Crippen LogP contribution is -2.32. The number of anilines is 1. The molecule has 0 radical (unpaired) electrons. The average Bonchev–Trinajstić information content (AvgIpc) is 2.71. The fraction of sp³-hybridized carbons (Fsp3) is 0.409. The minimum atomic E-state index is 0.163. The lowest BCUT2D eigenvalue weighted by Gasteiger charge is -2.21. The average molecular weight is 387 g/mol. The monoisotopic (exact) mass is 386 g/mol. The molecule has 0 aliphatic carbocycles. The zero-order valence-corrected chi connectivity index (χ0v) is 17.7. The van der Waals surface area contributed by atoms with Crippen LogP contribution in [0.5, 0.6) is 11.5 Å². The van der Waals surface area contributed by atoms with Crippen LogP contribution in [0.4, 0.5) is 5.69 Å². The largest absolute Gasteiger partial charge is 0.493 e. The van der Waals surface area contributed by atoms with Crippen molar-refractivity contribution in [1.82, 2.24) is 5.32 Å². The number of methoxy groups -OCH3 is 2. The molecular weight excluding hydrogens is 356 g/mol. The Labute approximate surface area is 168 Å². The maximum atomic E-state index is 5.51. The van der Waals surface area contributed by atoms with Crippen molar-refractivity contribution in [1.29, 1.82) is 0 Å². The Morgan fingerprint density at radius 1 is 0.926 bits per heavy atom. The van der Waals surface area contributed by atoms with E-state index in [1.807, 2.05) is 18.2 Å². The van der Waals surface area contributed by atoms with Crippen LogP contribution in [0.25, 0.3) is 0 Å². The van der Waals surface area contributed by atoms with E-state index in [0.717, 1.165) is 18.5 Å². The molecule has 146 valence electrons. The lowest BCUT2D eigenvalue weighted by molar-refractivity contribution is 0.355. The Kier molecular flexibility index (Phi) is 7.92. The number of ether oxygens (including phenoxy) is 2. The predicted molar refractivity (Wildman–Crippen MR) is 117 cm³/mol. The minimum Gasteiger partial charge on any atom is -0.493 e. The smallest absolute Gasteiger partial charge is 0.171 e. The SMILES string of the molecule is CC[C@H](NC(=S)Nc1ccc(OC)c(OC)c1)c1ccc([C@@H](C)CC)cc1. The van der Waals surface area contributed by atoms with Crippen LogP contribution < -0.4 is 20.1 Å². The van der Waals surface area contributed by atoms with Gasteiger partial charge in [0.2, 0.25) is 0 Å². The van der Waals surface area contributed by atoms with Gasteiger partial charge in [0, 0.05) is 11.8 Å². The molecule has 27 heavy (non-hydrogen) atoms. The standard InChI is InChI=1S/C22H30N2O2S/c1-6-15(3)16-8-10-17(11-9-16)19(7-2)24-22(27)23-18-12-13-20(25-4)21(14-18)26-5/h8-15,19H,6-7H2,1-5H3,(H2,23,24,27)/t15-,19-/m0/s1. The number of nitrogens with one attached hydrogen (secondary N) is 2. The summed E-state index contributed by atoms with van der Waals surface area (Å²) in [6.07, 6.45) is 2.09. The van der Waals surface area contributed by atoms with Crippen LogP contribution in [0.1, 0.15) is 56.7 Å². The van der Waals surface area contributed by atoms with Gasteiger partial charge in [0.05, 0.1) is 20.3 Å². The molecule has 0 aliphatic rings. The highest BCUT2D eigenvalue weighted by molar-refractivity contribution is 7.80. The van der Waals surface area contributed by atoms with Gasteiger partial charge in [-0.3, -0.25) is 0 Å². The van der Waals surface area contributed by atoms with Crippen molar-refractivity contribution in [3.8, 4) is 11.5 Å². The van der Waals surface area contributed by atoms with E-state index in [4.69, 9.17) is 21.7 Å². The summed E-state index contributed by atoms with van der Waals surface area (Å²) in [5, 5.41) is 7.22. The molecule has 2 aromatic carbocycles. The normalized spacial score (nSPS) is 12.8. The third kappa shape index (κ3) is 5.60. The summed E-state index contributed by atoms with van der Waals surface area (Å²) in [5.74, 6) is 1.94. The third-order valence-electron chi connectivity index (χ3n) is 4.88. The molecule has 0 aliphatic heterocycles. The van der Waals surface area contributed by atoms with Crippen molar-refractivity contribution in [3.63, 3.8) is 0 Å². The highest BCUT2D eigenvalue weighted by Gasteiger charge is 2.12. The second kappa shape index (κ2) is 10.2. The van der Waals surface area contributed by atoms with Crippen LogP contribution in [-0.4, -0.2) is 19.3 Å². The molecule has 0 spiro atoms. The lowest BCUT2D eigenvalue weighted by atomic mass is 9.95.